The number of carboxylic acids is 1. The average Bonchev–Trinajstić information content (AvgIpc) is 2.38. The molecular weight excluding hydrogens is 244 g/mol. The van der Waals surface area contributed by atoms with Crippen molar-refractivity contribution in [2.75, 3.05) is 13.1 Å². The minimum atomic E-state index is -0.753. The molecule has 1 saturated heterocycles. The van der Waals surface area contributed by atoms with Gasteiger partial charge in [0.15, 0.2) is 0 Å². The highest BCUT2D eigenvalue weighted by Crippen LogP contribution is 2.18. The van der Waals surface area contributed by atoms with Crippen LogP contribution in [0, 0.1) is 5.92 Å². The van der Waals surface area contributed by atoms with Crippen LogP contribution < -0.4 is 5.32 Å². The van der Waals surface area contributed by atoms with Crippen LogP contribution in [0.25, 0.3) is 0 Å². The smallest absolute Gasteiger partial charge is 0.307 e. The minimum Gasteiger partial charge on any atom is -0.481 e. The van der Waals surface area contributed by atoms with Crippen molar-refractivity contribution >= 4 is 11.9 Å². The van der Waals surface area contributed by atoms with Crippen molar-refractivity contribution in [2.24, 2.45) is 5.92 Å². The summed E-state index contributed by atoms with van der Waals surface area (Å²) in [6.07, 6.45) is 3.57. The predicted molar refractivity (Wildman–Crippen MR) is 73.9 cm³/mol. The zero-order chi connectivity index (χ0) is 14.4. The van der Waals surface area contributed by atoms with E-state index < -0.39 is 5.97 Å². The Morgan fingerprint density at radius 2 is 2.11 bits per heavy atom. The summed E-state index contributed by atoms with van der Waals surface area (Å²) in [6, 6.07) is -0.0681. The molecule has 5 nitrogen and oxygen atoms in total. The van der Waals surface area contributed by atoms with Gasteiger partial charge < -0.3 is 10.4 Å². The van der Waals surface area contributed by atoms with E-state index in [1.54, 1.807) is 0 Å². The molecule has 110 valence electrons. The Morgan fingerprint density at radius 3 is 2.68 bits per heavy atom. The fourth-order valence-electron chi connectivity index (χ4n) is 2.59. The van der Waals surface area contributed by atoms with E-state index in [1.807, 2.05) is 18.7 Å². The van der Waals surface area contributed by atoms with Gasteiger partial charge in [0.05, 0.1) is 12.0 Å². The van der Waals surface area contributed by atoms with Gasteiger partial charge in [-0.1, -0.05) is 13.3 Å². The first-order valence-corrected chi connectivity index (χ1v) is 7.23. The highest BCUT2D eigenvalue weighted by Gasteiger charge is 2.30. The molecule has 0 aromatic heterocycles. The van der Waals surface area contributed by atoms with Crippen LogP contribution in [0.15, 0.2) is 0 Å². The van der Waals surface area contributed by atoms with Gasteiger partial charge >= 0.3 is 5.97 Å². The van der Waals surface area contributed by atoms with Gasteiger partial charge in [0.25, 0.3) is 0 Å². The molecule has 1 fully saturated rings. The van der Waals surface area contributed by atoms with Gasteiger partial charge in [0.2, 0.25) is 5.91 Å². The number of amides is 1. The quantitative estimate of drug-likeness (QED) is 0.767. The molecule has 0 aliphatic carbocycles. The minimum absolute atomic E-state index is 0.00647. The summed E-state index contributed by atoms with van der Waals surface area (Å²) in [7, 11) is 0. The van der Waals surface area contributed by atoms with E-state index in [1.165, 1.54) is 0 Å². The molecule has 1 aliphatic rings. The number of aliphatic carboxylic acids is 1. The molecule has 3 atom stereocenters. The van der Waals surface area contributed by atoms with Crippen molar-refractivity contribution in [3.8, 4) is 0 Å². The van der Waals surface area contributed by atoms with Crippen LogP contribution in [0.5, 0.6) is 0 Å². The van der Waals surface area contributed by atoms with E-state index in [-0.39, 0.29) is 23.9 Å². The molecule has 2 N–H and O–H groups in total. The third-order valence-corrected chi connectivity index (χ3v) is 3.84. The van der Waals surface area contributed by atoms with Crippen LogP contribution >= 0.6 is 0 Å². The summed E-state index contributed by atoms with van der Waals surface area (Å²) in [5.41, 5.74) is 0. The number of carbonyl (C=O) groups excluding carboxylic acids is 1. The standard InChI is InChI=1S/C14H26N2O3/c1-4-6-10(2)15-13(17)11(3)16-8-5-7-12(9-16)14(18)19/h10-12H,4-9H2,1-3H3,(H,15,17)(H,18,19)/t10-,11+,12-/m0/s1. The second kappa shape index (κ2) is 7.48. The highest BCUT2D eigenvalue weighted by molar-refractivity contribution is 5.81. The SMILES string of the molecule is CCC[C@H](C)NC(=O)[C@@H](C)N1CCC[C@H](C(=O)O)C1. The van der Waals surface area contributed by atoms with Crippen molar-refractivity contribution in [3.05, 3.63) is 0 Å². The van der Waals surface area contributed by atoms with Gasteiger partial charge in [-0.25, -0.2) is 0 Å². The maximum Gasteiger partial charge on any atom is 0.307 e. The summed E-state index contributed by atoms with van der Waals surface area (Å²) in [4.78, 5) is 25.1. The second-order valence-electron chi connectivity index (χ2n) is 5.55. The number of carboxylic acid groups (broad SMARTS) is 1. The van der Waals surface area contributed by atoms with Crippen LogP contribution in [0.2, 0.25) is 0 Å². The van der Waals surface area contributed by atoms with Gasteiger partial charge in [-0.3, -0.25) is 14.5 Å². The Balaban J connectivity index is 2.49. The highest BCUT2D eigenvalue weighted by atomic mass is 16.4. The van der Waals surface area contributed by atoms with Crippen LogP contribution in [-0.2, 0) is 9.59 Å². The van der Waals surface area contributed by atoms with E-state index in [2.05, 4.69) is 12.2 Å². The van der Waals surface area contributed by atoms with Crippen molar-refractivity contribution in [3.63, 3.8) is 0 Å². The first-order valence-electron chi connectivity index (χ1n) is 7.23. The molecule has 19 heavy (non-hydrogen) atoms. The largest absolute Gasteiger partial charge is 0.481 e. The molecule has 0 saturated carbocycles. The molecule has 0 unspecified atom stereocenters. The molecule has 0 bridgehead atoms. The van der Waals surface area contributed by atoms with Crippen molar-refractivity contribution in [1.29, 1.82) is 0 Å². The average molecular weight is 270 g/mol. The maximum absolute atomic E-state index is 12.1. The van der Waals surface area contributed by atoms with Gasteiger partial charge in [0, 0.05) is 12.6 Å². The Kier molecular flexibility index (Phi) is 6.28. The second-order valence-corrected chi connectivity index (χ2v) is 5.55. The fourth-order valence-corrected chi connectivity index (χ4v) is 2.59. The molecule has 1 aliphatic heterocycles. The third-order valence-electron chi connectivity index (χ3n) is 3.84. The molecule has 1 amide bonds. The molecule has 0 radical (unpaired) electrons. The van der Waals surface area contributed by atoms with E-state index >= 15 is 0 Å². The molecule has 5 heteroatoms. The lowest BCUT2D eigenvalue weighted by molar-refractivity contribution is -0.145. The van der Waals surface area contributed by atoms with Crippen LogP contribution in [0.3, 0.4) is 0 Å². The lowest BCUT2D eigenvalue weighted by Crippen LogP contribution is -2.51. The molecule has 0 aromatic carbocycles. The fraction of sp³-hybridized carbons (Fsp3) is 0.857. The summed E-state index contributed by atoms with van der Waals surface area (Å²) in [6.45, 7) is 7.24. The molecule has 1 heterocycles. The zero-order valence-electron chi connectivity index (χ0n) is 12.2. The lowest BCUT2D eigenvalue weighted by atomic mass is 9.97. The normalized spacial score (nSPS) is 23.6. The molecular formula is C14H26N2O3. The number of nitrogens with one attached hydrogen (secondary N) is 1. The van der Waals surface area contributed by atoms with E-state index in [4.69, 9.17) is 5.11 Å². The molecule has 0 aromatic rings. The first kappa shape index (κ1) is 16.0. The van der Waals surface area contributed by atoms with Crippen LogP contribution in [-0.4, -0.2) is 47.1 Å². The third kappa shape index (κ3) is 4.82. The number of hydrogen-bond acceptors (Lipinski definition) is 3. The zero-order valence-corrected chi connectivity index (χ0v) is 12.2. The topological polar surface area (TPSA) is 69.6 Å². The maximum atomic E-state index is 12.1. The predicted octanol–water partition coefficient (Wildman–Crippen LogP) is 1.48. The Labute approximate surface area is 115 Å². The van der Waals surface area contributed by atoms with Crippen LogP contribution in [0.1, 0.15) is 46.5 Å². The number of piperidine rings is 1. The number of nitrogens with zero attached hydrogens (tertiary/aromatic N) is 1. The Bertz CT molecular complexity index is 320. The Hall–Kier alpha value is -1.10. The lowest BCUT2D eigenvalue weighted by Gasteiger charge is -2.34. The van der Waals surface area contributed by atoms with Crippen LogP contribution in [0.4, 0.5) is 0 Å². The summed E-state index contributed by atoms with van der Waals surface area (Å²) >= 11 is 0. The van der Waals surface area contributed by atoms with Gasteiger partial charge in [-0.2, -0.15) is 0 Å². The first-order chi connectivity index (χ1) is 8.95. The summed E-state index contributed by atoms with van der Waals surface area (Å²) in [5.74, 6) is -1.08. The number of carbonyl (C=O) groups is 2. The summed E-state index contributed by atoms with van der Waals surface area (Å²) < 4.78 is 0. The van der Waals surface area contributed by atoms with Crippen molar-refractivity contribution < 1.29 is 14.7 Å². The van der Waals surface area contributed by atoms with E-state index in [9.17, 15) is 9.59 Å². The number of rotatable bonds is 6. The number of hydrogen-bond donors (Lipinski definition) is 2. The van der Waals surface area contributed by atoms with Crippen molar-refractivity contribution in [1.82, 2.24) is 10.2 Å². The van der Waals surface area contributed by atoms with E-state index in [0.29, 0.717) is 13.0 Å². The monoisotopic (exact) mass is 270 g/mol. The van der Waals surface area contributed by atoms with Gasteiger partial charge in [-0.15, -0.1) is 0 Å². The molecule has 0 spiro atoms. The number of likely N-dealkylation sites (tertiary alicyclic amines) is 1. The van der Waals surface area contributed by atoms with Gasteiger partial charge in [-0.05, 0) is 39.7 Å². The molecule has 1 rings (SSSR count). The van der Waals surface area contributed by atoms with E-state index in [0.717, 1.165) is 25.8 Å². The van der Waals surface area contributed by atoms with Crippen molar-refractivity contribution in [2.45, 2.75) is 58.5 Å². The summed E-state index contributed by atoms with van der Waals surface area (Å²) in [5, 5.41) is 12.1. The van der Waals surface area contributed by atoms with Gasteiger partial charge in [0.1, 0.15) is 0 Å². The Morgan fingerprint density at radius 1 is 1.42 bits per heavy atom.